The fraction of sp³-hybridized carbons (Fsp3) is 0.348. The molecule has 0 bridgehead atoms. The largest absolute Gasteiger partial charge is 0.356 e. The Kier molecular flexibility index (Phi) is 6.12. The highest BCUT2D eigenvalue weighted by molar-refractivity contribution is 9.10. The van der Waals surface area contributed by atoms with Crippen LogP contribution in [-0.2, 0) is 4.79 Å². The predicted molar refractivity (Wildman–Crippen MR) is 122 cm³/mol. The van der Waals surface area contributed by atoms with E-state index in [0.717, 1.165) is 27.0 Å². The Morgan fingerprint density at radius 2 is 1.79 bits per heavy atom. The van der Waals surface area contributed by atoms with Gasteiger partial charge in [0.15, 0.2) is 5.50 Å². The number of nitrogens with zero attached hydrogens (tertiary/aromatic N) is 1. The van der Waals surface area contributed by atoms with Crippen LogP contribution in [0.25, 0.3) is 6.08 Å². The van der Waals surface area contributed by atoms with Gasteiger partial charge in [-0.05, 0) is 54.7 Å². The lowest BCUT2D eigenvalue weighted by atomic mass is 9.85. The van der Waals surface area contributed by atoms with Gasteiger partial charge in [0.2, 0.25) is 0 Å². The van der Waals surface area contributed by atoms with Crippen molar-refractivity contribution >= 4 is 45.4 Å². The highest BCUT2D eigenvalue weighted by Crippen LogP contribution is 2.42. The summed E-state index contributed by atoms with van der Waals surface area (Å²) in [6.07, 6.45) is 6.78. The first-order valence-corrected chi connectivity index (χ1v) is 11.6. The molecule has 2 aromatic rings. The molecule has 3 atom stereocenters. The van der Waals surface area contributed by atoms with Crippen LogP contribution in [-0.4, -0.2) is 22.3 Å². The fourth-order valence-electron chi connectivity index (χ4n) is 4.08. The molecule has 0 aromatic heterocycles. The summed E-state index contributed by atoms with van der Waals surface area (Å²) in [6, 6.07) is 18.6. The van der Waals surface area contributed by atoms with E-state index in [2.05, 4.69) is 45.2 Å². The molecule has 28 heavy (non-hydrogen) atoms. The van der Waals surface area contributed by atoms with Gasteiger partial charge < -0.3 is 10.2 Å². The Labute approximate surface area is 179 Å². The molecule has 3 nitrogen and oxygen atoms in total. The van der Waals surface area contributed by atoms with E-state index in [4.69, 9.17) is 0 Å². The molecule has 0 spiro atoms. The van der Waals surface area contributed by atoms with E-state index in [0.29, 0.717) is 12.0 Å². The lowest BCUT2D eigenvalue weighted by Gasteiger charge is -2.39. The second-order valence-electron chi connectivity index (χ2n) is 7.58. The van der Waals surface area contributed by atoms with Gasteiger partial charge in [-0.25, -0.2) is 0 Å². The second-order valence-corrected chi connectivity index (χ2v) is 9.62. The van der Waals surface area contributed by atoms with Crippen molar-refractivity contribution in [2.45, 2.75) is 44.1 Å². The molecule has 1 unspecified atom stereocenters. The zero-order chi connectivity index (χ0) is 19.5. The zero-order valence-electron chi connectivity index (χ0n) is 16.0. The fourth-order valence-corrected chi connectivity index (χ4v) is 5.55. The van der Waals surface area contributed by atoms with Crippen LogP contribution in [0.2, 0.25) is 0 Å². The normalized spacial score (nSPS) is 26.6. The van der Waals surface area contributed by atoms with E-state index >= 15 is 0 Å². The number of halogens is 1. The summed E-state index contributed by atoms with van der Waals surface area (Å²) in [4.78, 5) is 16.3. The molecule has 5 heteroatoms. The van der Waals surface area contributed by atoms with Crippen molar-refractivity contribution < 1.29 is 4.79 Å². The van der Waals surface area contributed by atoms with E-state index in [1.807, 2.05) is 48.5 Å². The summed E-state index contributed by atoms with van der Waals surface area (Å²) >= 11 is 5.10. The Morgan fingerprint density at radius 3 is 2.50 bits per heavy atom. The van der Waals surface area contributed by atoms with Gasteiger partial charge in [-0.1, -0.05) is 77.8 Å². The number of amides is 1. The van der Waals surface area contributed by atoms with Crippen LogP contribution in [0, 0.1) is 5.92 Å². The van der Waals surface area contributed by atoms with Gasteiger partial charge in [0.05, 0.1) is 4.91 Å². The van der Waals surface area contributed by atoms with Crippen LogP contribution in [0.15, 0.2) is 64.0 Å². The maximum Gasteiger partial charge on any atom is 0.262 e. The van der Waals surface area contributed by atoms with E-state index < -0.39 is 0 Å². The summed E-state index contributed by atoms with van der Waals surface area (Å²) in [5, 5.41) is 3.58. The first-order valence-electron chi connectivity index (χ1n) is 9.90. The number of para-hydroxylation sites is 1. The van der Waals surface area contributed by atoms with E-state index in [1.54, 1.807) is 11.8 Å². The minimum absolute atomic E-state index is 0.0675. The third kappa shape index (κ3) is 4.31. The zero-order valence-corrected chi connectivity index (χ0v) is 18.4. The summed E-state index contributed by atoms with van der Waals surface area (Å²) < 4.78 is 1.04. The van der Waals surface area contributed by atoms with E-state index in [9.17, 15) is 4.79 Å². The third-order valence-electron chi connectivity index (χ3n) is 5.59. The van der Waals surface area contributed by atoms with Crippen LogP contribution < -0.4 is 5.32 Å². The van der Waals surface area contributed by atoms with Crippen molar-refractivity contribution in [1.29, 1.82) is 0 Å². The molecule has 2 fully saturated rings. The number of benzene rings is 2. The lowest BCUT2D eigenvalue weighted by Crippen LogP contribution is -2.48. The van der Waals surface area contributed by atoms with Crippen molar-refractivity contribution in [1.82, 2.24) is 4.90 Å². The molecular weight excluding hydrogens is 432 g/mol. The summed E-state index contributed by atoms with van der Waals surface area (Å²) in [6.45, 7) is 2.29. The number of hydrogen-bond donors (Lipinski definition) is 1. The van der Waals surface area contributed by atoms with Crippen LogP contribution >= 0.6 is 27.7 Å². The molecule has 1 heterocycles. The predicted octanol–water partition coefficient (Wildman–Crippen LogP) is 6.34. The number of anilines is 1. The Balaban J connectivity index is 1.63. The third-order valence-corrected chi connectivity index (χ3v) is 7.24. The minimum atomic E-state index is -0.0675. The average molecular weight is 457 g/mol. The van der Waals surface area contributed by atoms with Crippen LogP contribution in [0.4, 0.5) is 5.69 Å². The second kappa shape index (κ2) is 8.75. The molecule has 1 saturated heterocycles. The molecule has 2 aromatic carbocycles. The number of rotatable bonds is 4. The van der Waals surface area contributed by atoms with Crippen LogP contribution in [0.3, 0.4) is 0 Å². The topological polar surface area (TPSA) is 32.3 Å². The standard InChI is InChI=1S/C23H25BrN2OS/c1-16-7-5-6-10-20(16)26-22(27)21(15-17-11-13-18(24)14-12-17)28-23(26)25-19-8-3-2-4-9-19/h2-4,8-9,11-16,20,23,25H,5-7,10H2,1H3/b21-15-/t16-,20+,23?/m0/s1. The van der Waals surface area contributed by atoms with Gasteiger partial charge in [-0.2, -0.15) is 0 Å². The van der Waals surface area contributed by atoms with Gasteiger partial charge in [0.1, 0.15) is 0 Å². The van der Waals surface area contributed by atoms with Crippen LogP contribution in [0.1, 0.15) is 38.2 Å². The summed E-state index contributed by atoms with van der Waals surface area (Å²) in [5.74, 6) is 0.686. The first-order chi connectivity index (χ1) is 13.6. The van der Waals surface area contributed by atoms with E-state index in [-0.39, 0.29) is 11.4 Å². The quantitative estimate of drug-likeness (QED) is 0.544. The number of thioether (sulfide) groups is 1. The molecular formula is C23H25BrN2OS. The van der Waals surface area contributed by atoms with Crippen molar-refractivity contribution in [2.24, 2.45) is 5.92 Å². The van der Waals surface area contributed by atoms with Crippen molar-refractivity contribution in [3.8, 4) is 0 Å². The molecule has 146 valence electrons. The van der Waals surface area contributed by atoms with Gasteiger partial charge >= 0.3 is 0 Å². The number of carbonyl (C=O) groups excluding carboxylic acids is 1. The van der Waals surface area contributed by atoms with Gasteiger partial charge in [0.25, 0.3) is 5.91 Å². The molecule has 4 rings (SSSR count). The maximum absolute atomic E-state index is 13.4. The Morgan fingerprint density at radius 1 is 1.07 bits per heavy atom. The van der Waals surface area contributed by atoms with Crippen LogP contribution in [0.5, 0.6) is 0 Å². The monoisotopic (exact) mass is 456 g/mol. The number of nitrogens with one attached hydrogen (secondary N) is 1. The summed E-state index contributed by atoms with van der Waals surface area (Å²) in [7, 11) is 0. The molecule has 1 saturated carbocycles. The lowest BCUT2D eigenvalue weighted by molar-refractivity contribution is -0.129. The van der Waals surface area contributed by atoms with Crippen molar-refractivity contribution in [2.75, 3.05) is 5.32 Å². The molecule has 2 aliphatic rings. The maximum atomic E-state index is 13.4. The molecule has 1 aliphatic carbocycles. The van der Waals surface area contributed by atoms with Gasteiger partial charge in [0, 0.05) is 16.2 Å². The van der Waals surface area contributed by atoms with Gasteiger partial charge in [-0.3, -0.25) is 4.79 Å². The Hall–Kier alpha value is -1.72. The van der Waals surface area contributed by atoms with E-state index in [1.165, 1.54) is 19.3 Å². The smallest absolute Gasteiger partial charge is 0.262 e. The minimum Gasteiger partial charge on any atom is -0.356 e. The molecule has 1 amide bonds. The van der Waals surface area contributed by atoms with Gasteiger partial charge in [-0.15, -0.1) is 0 Å². The highest BCUT2D eigenvalue weighted by Gasteiger charge is 2.42. The molecule has 0 radical (unpaired) electrons. The molecule has 1 aliphatic heterocycles. The Bertz CT molecular complexity index is 853. The average Bonchev–Trinajstić information content (AvgIpc) is 3.00. The first kappa shape index (κ1) is 19.6. The molecule has 1 N–H and O–H groups in total. The van der Waals surface area contributed by atoms with Crippen molar-refractivity contribution in [3.05, 3.63) is 69.5 Å². The summed E-state index contributed by atoms with van der Waals surface area (Å²) in [5.41, 5.74) is 2.03. The number of carbonyl (C=O) groups is 1. The SMILES string of the molecule is C[C@H]1CCCC[C@H]1N1C(=O)/C(=C/c2ccc(Br)cc2)SC1Nc1ccccc1. The highest BCUT2D eigenvalue weighted by atomic mass is 79.9. The number of hydrogen-bond acceptors (Lipinski definition) is 3. The van der Waals surface area contributed by atoms with Crippen molar-refractivity contribution in [3.63, 3.8) is 0 Å².